The van der Waals surface area contributed by atoms with E-state index >= 15 is 0 Å². The minimum atomic E-state index is -0.106. The lowest BCUT2D eigenvalue weighted by Crippen LogP contribution is -2.19. The van der Waals surface area contributed by atoms with Crippen LogP contribution in [0.5, 0.6) is 0 Å². The third kappa shape index (κ3) is 1.68. The fourth-order valence-electron chi connectivity index (χ4n) is 1.24. The van der Waals surface area contributed by atoms with Crippen molar-refractivity contribution in [3.63, 3.8) is 0 Å². The minimum absolute atomic E-state index is 0.106. The zero-order valence-electron chi connectivity index (χ0n) is 7.55. The van der Waals surface area contributed by atoms with Crippen molar-refractivity contribution in [3.05, 3.63) is 35.3 Å². The summed E-state index contributed by atoms with van der Waals surface area (Å²) in [6.07, 6.45) is 6.63. The highest BCUT2D eigenvalue weighted by Gasteiger charge is 1.97. The van der Waals surface area contributed by atoms with Gasteiger partial charge in [0.1, 0.15) is 0 Å². The first-order valence-corrected chi connectivity index (χ1v) is 4.27. The number of nitrogens with one attached hydrogen (secondary N) is 1. The van der Waals surface area contributed by atoms with Crippen molar-refractivity contribution >= 4 is 5.69 Å². The summed E-state index contributed by atoms with van der Waals surface area (Å²) < 4.78 is 3.28. The molecule has 0 radical (unpaired) electrons. The fourth-order valence-corrected chi connectivity index (χ4v) is 1.24. The predicted octanol–water partition coefficient (Wildman–Crippen LogP) is -0.345. The van der Waals surface area contributed by atoms with E-state index in [1.165, 1.54) is 0 Å². The van der Waals surface area contributed by atoms with Crippen LogP contribution in [0.3, 0.4) is 0 Å². The summed E-state index contributed by atoms with van der Waals surface area (Å²) in [7, 11) is 0. The predicted molar refractivity (Wildman–Crippen MR) is 51.7 cm³/mol. The number of nitrogens with two attached hydrogens (primary N) is 1. The smallest absolute Gasteiger partial charge is 0.325 e. The van der Waals surface area contributed by atoms with Gasteiger partial charge in [0.15, 0.2) is 0 Å². The number of aromatic nitrogens is 4. The van der Waals surface area contributed by atoms with Gasteiger partial charge in [0, 0.05) is 25.1 Å². The van der Waals surface area contributed by atoms with E-state index in [9.17, 15) is 4.79 Å². The van der Waals surface area contributed by atoms with E-state index in [-0.39, 0.29) is 5.69 Å². The summed E-state index contributed by atoms with van der Waals surface area (Å²) >= 11 is 0. The largest absolute Gasteiger partial charge is 0.396 e. The van der Waals surface area contributed by atoms with Gasteiger partial charge in [0.25, 0.3) is 0 Å². The average Bonchev–Trinajstić information content (AvgIpc) is 2.72. The molecule has 74 valence electrons. The number of hydrogen-bond acceptors (Lipinski definition) is 3. The van der Waals surface area contributed by atoms with E-state index in [4.69, 9.17) is 5.73 Å². The Labute approximate surface area is 80.0 Å². The second kappa shape index (κ2) is 3.41. The molecule has 14 heavy (non-hydrogen) atoms. The SMILES string of the molecule is Nc1cnn(CCn2cc[nH]c2=O)c1. The molecule has 0 spiro atoms. The molecule has 0 saturated carbocycles. The van der Waals surface area contributed by atoms with Crippen LogP contribution in [0.2, 0.25) is 0 Å². The topological polar surface area (TPSA) is 81.6 Å². The second-order valence-corrected chi connectivity index (χ2v) is 3.00. The number of nitrogen functional groups attached to an aromatic ring is 1. The first kappa shape index (κ1) is 8.61. The Hall–Kier alpha value is -1.98. The first-order valence-electron chi connectivity index (χ1n) is 4.27. The van der Waals surface area contributed by atoms with Gasteiger partial charge in [-0.15, -0.1) is 0 Å². The van der Waals surface area contributed by atoms with E-state index < -0.39 is 0 Å². The fraction of sp³-hybridized carbons (Fsp3) is 0.250. The number of aromatic amines is 1. The van der Waals surface area contributed by atoms with Gasteiger partial charge in [-0.25, -0.2) is 4.79 Å². The van der Waals surface area contributed by atoms with Crippen LogP contribution in [0.1, 0.15) is 0 Å². The van der Waals surface area contributed by atoms with Crippen LogP contribution in [-0.4, -0.2) is 19.3 Å². The Morgan fingerprint density at radius 2 is 2.36 bits per heavy atom. The lowest BCUT2D eigenvalue weighted by atomic mass is 10.6. The molecule has 0 aliphatic carbocycles. The van der Waals surface area contributed by atoms with Gasteiger partial charge in [-0.1, -0.05) is 0 Å². The summed E-state index contributed by atoms with van der Waals surface area (Å²) in [5, 5.41) is 4.01. The lowest BCUT2D eigenvalue weighted by molar-refractivity contribution is 0.525. The van der Waals surface area contributed by atoms with Crippen LogP contribution in [-0.2, 0) is 13.1 Å². The van der Waals surface area contributed by atoms with Crippen molar-refractivity contribution in [2.24, 2.45) is 0 Å². The molecule has 2 aromatic heterocycles. The van der Waals surface area contributed by atoms with E-state index in [2.05, 4.69) is 10.1 Å². The van der Waals surface area contributed by atoms with Crippen LogP contribution in [0.25, 0.3) is 0 Å². The van der Waals surface area contributed by atoms with Gasteiger partial charge < -0.3 is 10.7 Å². The zero-order chi connectivity index (χ0) is 9.97. The van der Waals surface area contributed by atoms with Crippen LogP contribution in [0, 0.1) is 0 Å². The maximum absolute atomic E-state index is 11.1. The number of nitrogens with zero attached hydrogens (tertiary/aromatic N) is 3. The van der Waals surface area contributed by atoms with Gasteiger partial charge in [-0.2, -0.15) is 5.10 Å². The molecule has 3 N–H and O–H groups in total. The number of hydrogen-bond donors (Lipinski definition) is 2. The highest BCUT2D eigenvalue weighted by Crippen LogP contribution is 1.97. The molecule has 0 fully saturated rings. The minimum Gasteiger partial charge on any atom is -0.396 e. The Bertz CT molecular complexity index is 466. The van der Waals surface area contributed by atoms with Crippen LogP contribution in [0.15, 0.2) is 29.6 Å². The first-order chi connectivity index (χ1) is 6.75. The molecule has 0 atom stereocenters. The second-order valence-electron chi connectivity index (χ2n) is 3.00. The molecule has 0 amide bonds. The Morgan fingerprint density at radius 1 is 1.50 bits per heavy atom. The van der Waals surface area contributed by atoms with Crippen LogP contribution >= 0.6 is 0 Å². The highest BCUT2D eigenvalue weighted by atomic mass is 16.1. The van der Waals surface area contributed by atoms with E-state index in [1.807, 2.05) is 0 Å². The summed E-state index contributed by atoms with van der Waals surface area (Å²) in [6.45, 7) is 1.22. The van der Waals surface area contributed by atoms with Gasteiger partial charge in [-0.05, 0) is 0 Å². The van der Waals surface area contributed by atoms with E-state index in [1.54, 1.807) is 34.0 Å². The number of H-pyrrole nitrogens is 1. The zero-order valence-corrected chi connectivity index (χ0v) is 7.55. The van der Waals surface area contributed by atoms with Crippen LogP contribution in [0.4, 0.5) is 5.69 Å². The quantitative estimate of drug-likeness (QED) is 0.699. The van der Waals surface area contributed by atoms with Gasteiger partial charge in [-0.3, -0.25) is 9.25 Å². The summed E-state index contributed by atoms with van der Waals surface area (Å²) in [5.74, 6) is 0. The number of imidazole rings is 1. The van der Waals surface area contributed by atoms with E-state index in [0.717, 1.165) is 0 Å². The van der Waals surface area contributed by atoms with E-state index in [0.29, 0.717) is 18.8 Å². The molecule has 2 heterocycles. The summed E-state index contributed by atoms with van der Waals surface area (Å²) in [5.41, 5.74) is 6.02. The molecule has 6 heteroatoms. The van der Waals surface area contributed by atoms with Crippen molar-refractivity contribution in [3.8, 4) is 0 Å². The van der Waals surface area contributed by atoms with Crippen LogP contribution < -0.4 is 11.4 Å². The molecule has 2 rings (SSSR count). The maximum Gasteiger partial charge on any atom is 0.325 e. The Kier molecular flexibility index (Phi) is 2.10. The molecule has 2 aromatic rings. The Morgan fingerprint density at radius 3 is 2.93 bits per heavy atom. The molecular formula is C8H11N5O. The van der Waals surface area contributed by atoms with Gasteiger partial charge in [0.2, 0.25) is 0 Å². The third-order valence-corrected chi connectivity index (χ3v) is 1.95. The number of aryl methyl sites for hydroxylation is 2. The molecule has 0 bridgehead atoms. The average molecular weight is 193 g/mol. The monoisotopic (exact) mass is 193 g/mol. The van der Waals surface area contributed by atoms with Crippen molar-refractivity contribution in [1.29, 1.82) is 0 Å². The lowest BCUT2D eigenvalue weighted by Gasteiger charge is -2.00. The molecule has 0 aromatic carbocycles. The van der Waals surface area contributed by atoms with Gasteiger partial charge in [0.05, 0.1) is 18.4 Å². The molecule has 6 nitrogen and oxygen atoms in total. The summed E-state index contributed by atoms with van der Waals surface area (Å²) in [4.78, 5) is 13.7. The Balaban J connectivity index is 2.01. The van der Waals surface area contributed by atoms with Gasteiger partial charge >= 0.3 is 5.69 Å². The van der Waals surface area contributed by atoms with Crippen molar-refractivity contribution in [1.82, 2.24) is 19.3 Å². The number of anilines is 1. The molecule has 0 aliphatic rings. The summed E-state index contributed by atoms with van der Waals surface area (Å²) in [6, 6.07) is 0. The molecule has 0 aliphatic heterocycles. The normalized spacial score (nSPS) is 10.6. The number of rotatable bonds is 3. The van der Waals surface area contributed by atoms with Crippen molar-refractivity contribution in [2.75, 3.05) is 5.73 Å². The maximum atomic E-state index is 11.1. The molecule has 0 unspecified atom stereocenters. The molecular weight excluding hydrogens is 182 g/mol. The third-order valence-electron chi connectivity index (χ3n) is 1.95. The van der Waals surface area contributed by atoms with Crippen molar-refractivity contribution in [2.45, 2.75) is 13.1 Å². The molecule has 0 saturated heterocycles. The van der Waals surface area contributed by atoms with Crippen molar-refractivity contribution < 1.29 is 0 Å². The highest BCUT2D eigenvalue weighted by molar-refractivity contribution is 5.30. The standard InChI is InChI=1S/C8H11N5O/c9-7-5-11-13(6-7)4-3-12-2-1-10-8(12)14/h1-2,5-6H,3-4,9H2,(H,10,14).